The van der Waals surface area contributed by atoms with Gasteiger partial charge in [0.25, 0.3) is 0 Å². The number of amides is 4. The maximum Gasteiger partial charge on any atom is 0.329 e. The van der Waals surface area contributed by atoms with Gasteiger partial charge in [0.15, 0.2) is 23.0 Å². The van der Waals surface area contributed by atoms with Crippen molar-refractivity contribution in [3.63, 3.8) is 0 Å². The largest absolute Gasteiger partial charge is 0.494 e. The standard InChI is InChI=1S/C53H62ClF2N9O5/c1-32-44-42(28-39(55)47(54)46(44)45-37(50(57)67)12-13-41(69-3)48(45)56)70-53(32,35-8-5-4-6-9-35)31-58-36-18-23-63(24-19-36)29-33-14-21-62(22-15-33)30-34-16-25-64(26-17-34)40-11-7-10-38-49(40)61(2)60-51(38)65-27-20-43(66)59-52(65)68/h4-13,28,32-34,36,58H,14-27,29-31H2,1-3H3,(H2,57,67)(H,59,66,68). The summed E-state index contributed by atoms with van der Waals surface area (Å²) in [4.78, 5) is 46.5. The zero-order valence-electron chi connectivity index (χ0n) is 40.1. The number of primary amides is 1. The van der Waals surface area contributed by atoms with E-state index in [0.29, 0.717) is 36.3 Å². The lowest BCUT2D eigenvalue weighted by molar-refractivity contribution is -0.120. The third-order valence-electron chi connectivity index (χ3n) is 15.8. The summed E-state index contributed by atoms with van der Waals surface area (Å²) in [6.45, 7) is 11.1. The second kappa shape index (κ2) is 19.8. The van der Waals surface area contributed by atoms with Gasteiger partial charge in [0, 0.05) is 92.8 Å². The molecule has 0 spiro atoms. The normalized spacial score (nSPS) is 22.1. The predicted octanol–water partition coefficient (Wildman–Crippen LogP) is 7.80. The number of nitrogens with two attached hydrogens (primary N) is 1. The first-order valence-electron chi connectivity index (χ1n) is 24.8. The van der Waals surface area contributed by atoms with Crippen molar-refractivity contribution in [2.75, 3.05) is 82.4 Å². The number of ether oxygens (including phenoxy) is 2. The molecule has 4 aromatic carbocycles. The number of hydrogen-bond donors (Lipinski definition) is 3. The van der Waals surface area contributed by atoms with Gasteiger partial charge in [0.05, 0.1) is 28.9 Å². The van der Waals surface area contributed by atoms with E-state index < -0.39 is 35.1 Å². The highest BCUT2D eigenvalue weighted by Gasteiger charge is 2.50. The van der Waals surface area contributed by atoms with Gasteiger partial charge in [0.2, 0.25) is 11.8 Å². The molecule has 5 aromatic rings. The van der Waals surface area contributed by atoms with Crippen molar-refractivity contribution < 1.29 is 32.6 Å². The zero-order valence-corrected chi connectivity index (χ0v) is 40.9. The maximum atomic E-state index is 16.2. The molecule has 17 heteroatoms. The smallest absolute Gasteiger partial charge is 0.329 e. The number of anilines is 2. The number of likely N-dealkylation sites (tertiary alicyclic amines) is 2. The fraction of sp³-hybridized carbons (Fsp3) is 0.472. The predicted molar refractivity (Wildman–Crippen MR) is 267 cm³/mol. The third-order valence-corrected chi connectivity index (χ3v) is 16.2. The van der Waals surface area contributed by atoms with Crippen LogP contribution in [-0.4, -0.2) is 116 Å². The number of nitrogens with zero attached hydrogens (tertiary/aromatic N) is 6. The average Bonchev–Trinajstić information content (AvgIpc) is 3.85. The molecular weight excluding hydrogens is 916 g/mol. The number of benzene rings is 4. The molecule has 0 radical (unpaired) electrons. The Morgan fingerprint density at radius 3 is 2.23 bits per heavy atom. The third kappa shape index (κ3) is 8.96. The Morgan fingerprint density at radius 2 is 1.57 bits per heavy atom. The maximum absolute atomic E-state index is 16.2. The van der Waals surface area contributed by atoms with Crippen LogP contribution in [-0.2, 0) is 17.4 Å². The summed E-state index contributed by atoms with van der Waals surface area (Å²) in [6, 6.07) is 19.8. The van der Waals surface area contributed by atoms with Gasteiger partial charge in [-0.05, 0) is 106 Å². The van der Waals surface area contributed by atoms with Crippen LogP contribution >= 0.6 is 11.6 Å². The van der Waals surface area contributed by atoms with Gasteiger partial charge >= 0.3 is 6.03 Å². The first-order valence-corrected chi connectivity index (χ1v) is 25.1. The summed E-state index contributed by atoms with van der Waals surface area (Å²) >= 11 is 6.72. The fourth-order valence-corrected chi connectivity index (χ4v) is 12.2. The summed E-state index contributed by atoms with van der Waals surface area (Å²) < 4.78 is 46.0. The molecule has 0 aliphatic carbocycles. The molecule has 1 aromatic heterocycles. The summed E-state index contributed by atoms with van der Waals surface area (Å²) in [6.07, 6.45) is 6.86. The Morgan fingerprint density at radius 1 is 0.900 bits per heavy atom. The number of imide groups is 1. The minimum Gasteiger partial charge on any atom is -0.494 e. The fourth-order valence-electron chi connectivity index (χ4n) is 12.0. The van der Waals surface area contributed by atoms with Crippen LogP contribution in [0.5, 0.6) is 11.5 Å². The van der Waals surface area contributed by atoms with Crippen LogP contribution in [0.25, 0.3) is 22.0 Å². The molecule has 6 heterocycles. The number of aromatic nitrogens is 2. The molecular formula is C53H62ClF2N9O5. The summed E-state index contributed by atoms with van der Waals surface area (Å²) in [5, 5.41) is 11.6. The number of halogens is 3. The first kappa shape index (κ1) is 47.8. The highest BCUT2D eigenvalue weighted by molar-refractivity contribution is 6.34. The van der Waals surface area contributed by atoms with E-state index in [4.69, 9.17) is 31.9 Å². The molecule has 2 atom stereocenters. The Balaban J connectivity index is 0.723. The minimum atomic E-state index is -1.00. The molecule has 4 amide bonds. The van der Waals surface area contributed by atoms with Crippen molar-refractivity contribution in [2.24, 2.45) is 24.6 Å². The van der Waals surface area contributed by atoms with Gasteiger partial charge in [0.1, 0.15) is 11.6 Å². The Labute approximate surface area is 412 Å². The molecule has 4 fully saturated rings. The number of carbonyl (C=O) groups is 3. The van der Waals surface area contributed by atoms with Crippen molar-refractivity contribution in [3.8, 4) is 22.6 Å². The molecule has 0 bridgehead atoms. The van der Waals surface area contributed by atoms with Crippen LogP contribution in [0, 0.1) is 23.5 Å². The number of nitrogens with one attached hydrogen (secondary N) is 2. The lowest BCUT2D eigenvalue weighted by atomic mass is 9.77. The van der Waals surface area contributed by atoms with Crippen molar-refractivity contribution in [1.82, 2.24) is 30.2 Å². The molecule has 370 valence electrons. The van der Waals surface area contributed by atoms with E-state index in [1.165, 1.54) is 38.2 Å². The van der Waals surface area contributed by atoms with Gasteiger partial charge in [-0.3, -0.25) is 24.5 Å². The Bertz CT molecular complexity index is 2790. The molecule has 4 N–H and O–H groups in total. The van der Waals surface area contributed by atoms with E-state index >= 15 is 8.78 Å². The molecule has 5 aliphatic rings. The van der Waals surface area contributed by atoms with Crippen LogP contribution in [0.4, 0.5) is 25.1 Å². The molecule has 0 saturated carbocycles. The molecule has 2 unspecified atom stereocenters. The zero-order chi connectivity index (χ0) is 48.8. The van der Waals surface area contributed by atoms with Gasteiger partial charge in [-0.15, -0.1) is 0 Å². The van der Waals surface area contributed by atoms with Crippen molar-refractivity contribution in [1.29, 1.82) is 0 Å². The van der Waals surface area contributed by atoms with Gasteiger partial charge in [-0.2, -0.15) is 5.10 Å². The molecule has 5 aliphatic heterocycles. The van der Waals surface area contributed by atoms with Crippen molar-refractivity contribution in [2.45, 2.75) is 69.4 Å². The van der Waals surface area contributed by atoms with Gasteiger partial charge in [-0.25, -0.2) is 13.6 Å². The van der Waals surface area contributed by atoms with E-state index in [2.05, 4.69) is 31.4 Å². The molecule has 14 nitrogen and oxygen atoms in total. The second-order valence-electron chi connectivity index (χ2n) is 19.9. The number of para-hydroxylation sites is 1. The minimum absolute atomic E-state index is 0.0343. The van der Waals surface area contributed by atoms with Crippen LogP contribution in [0.1, 0.15) is 79.3 Å². The number of urea groups is 1. The Kier molecular flexibility index (Phi) is 13.5. The van der Waals surface area contributed by atoms with Gasteiger partial charge in [-0.1, -0.05) is 54.9 Å². The average molecular weight is 979 g/mol. The van der Waals surface area contributed by atoms with E-state index in [1.54, 1.807) is 4.90 Å². The number of methoxy groups -OCH3 is 1. The highest BCUT2D eigenvalue weighted by Crippen LogP contribution is 2.56. The van der Waals surface area contributed by atoms with Crippen LogP contribution < -0.4 is 35.6 Å². The quantitative estimate of drug-likeness (QED) is 0.107. The summed E-state index contributed by atoms with van der Waals surface area (Å²) in [5.41, 5.74) is 7.96. The summed E-state index contributed by atoms with van der Waals surface area (Å²) in [7, 11) is 3.24. The van der Waals surface area contributed by atoms with E-state index in [9.17, 15) is 14.4 Å². The van der Waals surface area contributed by atoms with Crippen LogP contribution in [0.3, 0.4) is 0 Å². The number of fused-ring (bicyclic) bond motifs is 2. The number of hydrogen-bond acceptors (Lipinski definition) is 10. The number of aryl methyl sites for hydroxylation is 1. The first-order chi connectivity index (χ1) is 33.8. The molecule has 10 rings (SSSR count). The molecule has 4 saturated heterocycles. The van der Waals surface area contributed by atoms with E-state index in [0.717, 1.165) is 100 Å². The number of piperidine rings is 3. The SMILES string of the molecule is COc1ccc(C(N)=O)c(-c2c(Cl)c(F)cc3c2C(C)C(CNC2CCN(CC4CCN(CC5CCN(c6cccc7c(N8CCC(=O)NC8=O)nn(C)c67)CC5)CC4)CC2)(c2ccccc2)O3)c1F. The van der Waals surface area contributed by atoms with E-state index in [1.807, 2.05) is 61.1 Å². The van der Waals surface area contributed by atoms with Crippen molar-refractivity contribution >= 4 is 51.9 Å². The van der Waals surface area contributed by atoms with Crippen LogP contribution in [0.2, 0.25) is 5.02 Å². The molecule has 70 heavy (non-hydrogen) atoms. The van der Waals surface area contributed by atoms with Gasteiger partial charge < -0.3 is 35.2 Å². The van der Waals surface area contributed by atoms with Crippen LogP contribution in [0.15, 0.2) is 66.7 Å². The topological polar surface area (TPSA) is 151 Å². The highest BCUT2D eigenvalue weighted by atomic mass is 35.5. The van der Waals surface area contributed by atoms with E-state index in [-0.39, 0.29) is 51.6 Å². The number of carbonyl (C=O) groups excluding carboxylic acids is 3. The Hall–Kier alpha value is -5.81. The lowest BCUT2D eigenvalue weighted by Crippen LogP contribution is -2.51. The summed E-state index contributed by atoms with van der Waals surface area (Å²) in [5.74, 6) is -1.23. The second-order valence-corrected chi connectivity index (χ2v) is 20.3. The van der Waals surface area contributed by atoms with Crippen molar-refractivity contribution in [3.05, 3.63) is 100 Å². The lowest BCUT2D eigenvalue weighted by Gasteiger charge is -2.41. The monoisotopic (exact) mass is 977 g/mol. The number of rotatable bonds is 13.